The maximum Gasteiger partial charge on any atom is 0.169 e. The van der Waals surface area contributed by atoms with Crippen molar-refractivity contribution in [1.82, 2.24) is 0 Å². The van der Waals surface area contributed by atoms with Crippen molar-refractivity contribution in [2.24, 2.45) is 5.73 Å². The Morgan fingerprint density at radius 1 is 1.33 bits per heavy atom. The van der Waals surface area contributed by atoms with E-state index in [0.717, 1.165) is 11.1 Å². The Kier molecular flexibility index (Phi) is 11.8. The van der Waals surface area contributed by atoms with Gasteiger partial charge >= 0.3 is 0 Å². The molecule has 1 aromatic rings. The van der Waals surface area contributed by atoms with E-state index in [9.17, 15) is 0 Å². The minimum Gasteiger partial charge on any atom is -0.486 e. The molecule has 0 fully saturated rings. The van der Waals surface area contributed by atoms with Crippen LogP contribution in [0.15, 0.2) is 48.0 Å². The fourth-order valence-electron chi connectivity index (χ4n) is 2.04. The number of nitrogens with two attached hydrogens (primary N) is 1. The quantitative estimate of drug-likeness (QED) is 0.723. The third kappa shape index (κ3) is 5.73. The van der Waals surface area contributed by atoms with Gasteiger partial charge in [-0.2, -0.15) is 0 Å². The summed E-state index contributed by atoms with van der Waals surface area (Å²) in [7, 11) is 0. The number of para-hydroxylation sites is 1. The lowest BCUT2D eigenvalue weighted by atomic mass is 10.0. The third-order valence-corrected chi connectivity index (χ3v) is 3.37. The first-order valence-electron chi connectivity index (χ1n) is 8.49. The zero-order valence-corrected chi connectivity index (χ0v) is 16.2. The summed E-state index contributed by atoms with van der Waals surface area (Å²) in [5.74, 6) is 1.39. The van der Waals surface area contributed by atoms with Crippen molar-refractivity contribution in [3.05, 3.63) is 53.6 Å². The molecule has 1 aliphatic heterocycles. The highest BCUT2D eigenvalue weighted by molar-refractivity contribution is 6.35. The fourth-order valence-corrected chi connectivity index (χ4v) is 2.20. The number of ether oxygens (including phenoxy) is 2. The van der Waals surface area contributed by atoms with E-state index in [-0.39, 0.29) is 6.10 Å². The van der Waals surface area contributed by atoms with Crippen LogP contribution in [0.4, 0.5) is 0 Å². The van der Waals surface area contributed by atoms with E-state index in [4.69, 9.17) is 26.8 Å². The first-order chi connectivity index (χ1) is 11.7. The van der Waals surface area contributed by atoms with Crippen molar-refractivity contribution in [3.63, 3.8) is 0 Å². The first-order valence-corrected chi connectivity index (χ1v) is 8.86. The normalized spacial score (nSPS) is 16.2. The molecule has 24 heavy (non-hydrogen) atoms. The Hall–Kier alpha value is -1.71. The molecule has 1 aromatic carbocycles. The van der Waals surface area contributed by atoms with Crippen LogP contribution < -0.4 is 15.2 Å². The summed E-state index contributed by atoms with van der Waals surface area (Å²) in [5, 5.41) is 0.565. The molecule has 134 valence electrons. The van der Waals surface area contributed by atoms with Gasteiger partial charge < -0.3 is 15.2 Å². The SMILES string of the molecule is C=C/C(Cl)=C(\C=C/C)c1cccc2c1OC(CN)CO2.CC.CC. The van der Waals surface area contributed by atoms with Crippen LogP contribution in [0.5, 0.6) is 11.5 Å². The van der Waals surface area contributed by atoms with Crippen LogP contribution in [-0.2, 0) is 0 Å². The van der Waals surface area contributed by atoms with Crippen molar-refractivity contribution in [2.45, 2.75) is 40.7 Å². The molecular weight excluding hydrogens is 322 g/mol. The summed E-state index contributed by atoms with van der Waals surface area (Å²) in [6.07, 6.45) is 5.32. The van der Waals surface area contributed by atoms with Crippen LogP contribution in [0.2, 0.25) is 0 Å². The summed E-state index contributed by atoms with van der Waals surface area (Å²) in [4.78, 5) is 0. The average molecular weight is 352 g/mol. The molecule has 1 unspecified atom stereocenters. The van der Waals surface area contributed by atoms with Crippen LogP contribution in [0.3, 0.4) is 0 Å². The van der Waals surface area contributed by atoms with E-state index < -0.39 is 0 Å². The maximum atomic E-state index is 6.25. The van der Waals surface area contributed by atoms with Crippen LogP contribution in [0, 0.1) is 0 Å². The highest BCUT2D eigenvalue weighted by Gasteiger charge is 2.23. The molecule has 0 spiro atoms. The lowest BCUT2D eigenvalue weighted by molar-refractivity contribution is 0.0965. The van der Waals surface area contributed by atoms with Gasteiger partial charge in [0.05, 0.1) is 0 Å². The van der Waals surface area contributed by atoms with Crippen molar-refractivity contribution in [1.29, 1.82) is 0 Å². The molecule has 1 atom stereocenters. The summed E-state index contributed by atoms with van der Waals surface area (Å²) >= 11 is 6.25. The van der Waals surface area contributed by atoms with Crippen molar-refractivity contribution in [3.8, 4) is 11.5 Å². The van der Waals surface area contributed by atoms with Gasteiger partial charge in [-0.25, -0.2) is 0 Å². The van der Waals surface area contributed by atoms with Gasteiger partial charge in [-0.3, -0.25) is 0 Å². The van der Waals surface area contributed by atoms with Gasteiger partial charge in [-0.15, -0.1) is 0 Å². The first kappa shape index (κ1) is 22.3. The molecule has 0 aromatic heterocycles. The van der Waals surface area contributed by atoms with Crippen LogP contribution in [-0.4, -0.2) is 19.3 Å². The molecule has 1 heterocycles. The van der Waals surface area contributed by atoms with Crippen molar-refractivity contribution in [2.75, 3.05) is 13.2 Å². The molecule has 3 nitrogen and oxygen atoms in total. The van der Waals surface area contributed by atoms with Gasteiger partial charge in [-0.1, -0.05) is 76.2 Å². The second-order valence-electron chi connectivity index (χ2n) is 4.39. The zero-order valence-electron chi connectivity index (χ0n) is 15.4. The van der Waals surface area contributed by atoms with Gasteiger partial charge in [0.15, 0.2) is 11.5 Å². The van der Waals surface area contributed by atoms with E-state index in [1.807, 2.05) is 65.0 Å². The molecule has 0 saturated carbocycles. The van der Waals surface area contributed by atoms with E-state index in [1.165, 1.54) is 0 Å². The third-order valence-electron chi connectivity index (χ3n) is 3.01. The van der Waals surface area contributed by atoms with Gasteiger partial charge in [0, 0.05) is 22.7 Å². The molecule has 0 radical (unpaired) electrons. The molecule has 0 amide bonds. The number of fused-ring (bicyclic) bond motifs is 1. The van der Waals surface area contributed by atoms with E-state index in [1.54, 1.807) is 6.08 Å². The molecule has 2 rings (SSSR count). The molecular formula is C20H30ClNO2. The summed E-state index contributed by atoms with van der Waals surface area (Å²) in [6.45, 7) is 14.5. The van der Waals surface area contributed by atoms with Gasteiger partial charge in [-0.05, 0) is 13.0 Å². The Bertz CT molecular complexity index is 565. The minimum atomic E-state index is -0.141. The molecule has 0 saturated heterocycles. The van der Waals surface area contributed by atoms with Gasteiger partial charge in [0.25, 0.3) is 0 Å². The number of halogens is 1. The summed E-state index contributed by atoms with van der Waals surface area (Å²) < 4.78 is 11.6. The Morgan fingerprint density at radius 2 is 2.00 bits per heavy atom. The largest absolute Gasteiger partial charge is 0.486 e. The fraction of sp³-hybridized carbons (Fsp3) is 0.400. The summed E-state index contributed by atoms with van der Waals surface area (Å²) in [5.41, 5.74) is 7.39. The highest BCUT2D eigenvalue weighted by atomic mass is 35.5. The number of allylic oxidation sites excluding steroid dienone is 5. The number of hydrogen-bond donors (Lipinski definition) is 1. The molecule has 0 aliphatic carbocycles. The highest BCUT2D eigenvalue weighted by Crippen LogP contribution is 2.40. The molecule has 2 N–H and O–H groups in total. The average Bonchev–Trinajstić information content (AvgIpc) is 2.68. The van der Waals surface area contributed by atoms with Crippen molar-refractivity contribution < 1.29 is 9.47 Å². The van der Waals surface area contributed by atoms with Gasteiger partial charge in [0.2, 0.25) is 0 Å². The predicted molar refractivity (Wildman–Crippen MR) is 106 cm³/mol. The summed E-state index contributed by atoms with van der Waals surface area (Å²) in [6, 6.07) is 5.74. The number of benzene rings is 1. The number of hydrogen-bond acceptors (Lipinski definition) is 3. The van der Waals surface area contributed by atoms with Crippen molar-refractivity contribution >= 4 is 17.2 Å². The topological polar surface area (TPSA) is 44.5 Å². The zero-order chi connectivity index (χ0) is 18.5. The standard InChI is InChI=1S/C16H18ClNO2.2C2H6/c1-3-6-12(14(17)4-2)13-7-5-8-15-16(13)20-11(9-18)10-19-15;2*1-2/h3-8,11H,2,9-10,18H2,1H3;2*1-2H3/b6-3-,14-12-;;. The molecule has 4 heteroatoms. The van der Waals surface area contributed by atoms with Crippen LogP contribution in [0.25, 0.3) is 5.57 Å². The monoisotopic (exact) mass is 351 g/mol. The minimum absolute atomic E-state index is 0.141. The van der Waals surface area contributed by atoms with Crippen LogP contribution in [0.1, 0.15) is 40.2 Å². The second-order valence-corrected chi connectivity index (χ2v) is 4.79. The lowest BCUT2D eigenvalue weighted by Crippen LogP contribution is -2.36. The Labute approximate surface area is 151 Å². The Balaban J connectivity index is 0.00000123. The second kappa shape index (κ2) is 12.7. The maximum absolute atomic E-state index is 6.25. The lowest BCUT2D eigenvalue weighted by Gasteiger charge is -2.27. The van der Waals surface area contributed by atoms with E-state index in [2.05, 4.69) is 6.58 Å². The molecule has 1 aliphatic rings. The molecule has 0 bridgehead atoms. The van der Waals surface area contributed by atoms with E-state index >= 15 is 0 Å². The Morgan fingerprint density at radius 3 is 2.54 bits per heavy atom. The van der Waals surface area contributed by atoms with E-state index in [0.29, 0.717) is 29.7 Å². The van der Waals surface area contributed by atoms with Gasteiger partial charge in [0.1, 0.15) is 12.7 Å². The predicted octanol–water partition coefficient (Wildman–Crippen LogP) is 5.55. The van der Waals surface area contributed by atoms with Crippen LogP contribution >= 0.6 is 11.6 Å². The number of rotatable bonds is 4. The smallest absolute Gasteiger partial charge is 0.169 e.